The van der Waals surface area contributed by atoms with Gasteiger partial charge in [0.15, 0.2) is 0 Å². The Morgan fingerprint density at radius 3 is 1.50 bits per heavy atom. The molecule has 0 radical (unpaired) electrons. The van der Waals surface area contributed by atoms with Crippen molar-refractivity contribution in [1.29, 1.82) is 0 Å². The van der Waals surface area contributed by atoms with Crippen molar-refractivity contribution in [3.63, 3.8) is 0 Å². The van der Waals surface area contributed by atoms with Gasteiger partial charge in [-0.15, -0.1) is 35.6 Å². The van der Waals surface area contributed by atoms with Gasteiger partial charge in [0.05, 0.1) is 5.00 Å². The van der Waals surface area contributed by atoms with E-state index in [0.717, 1.165) is 18.8 Å². The normalized spacial score (nSPS) is 12.9. The van der Waals surface area contributed by atoms with E-state index in [1.165, 1.54) is 89.9 Å². The fourth-order valence-electron chi connectivity index (χ4n) is 3.23. The molecule has 0 aliphatic heterocycles. The van der Waals surface area contributed by atoms with E-state index in [2.05, 4.69) is 37.7 Å². The van der Waals surface area contributed by atoms with Gasteiger partial charge in [0, 0.05) is 6.38 Å². The number of halogens is 3. The molecular formula is C22H48Cl3N. The highest BCUT2D eigenvalue weighted by atomic mass is 35.5. The molecule has 0 aromatic rings. The molecule has 0 aromatic heterocycles. The third-order valence-corrected chi connectivity index (χ3v) is 5.55. The van der Waals surface area contributed by atoms with Crippen molar-refractivity contribution >= 4 is 35.6 Å². The van der Waals surface area contributed by atoms with E-state index in [4.69, 9.17) is 11.6 Å². The first-order valence-electron chi connectivity index (χ1n) is 10.8. The smallest absolute Gasteiger partial charge is 0.0933 e. The lowest BCUT2D eigenvalue weighted by Gasteiger charge is -2.26. The fourth-order valence-corrected chi connectivity index (χ4v) is 3.49. The molecule has 1 nitrogen and oxygen atoms in total. The van der Waals surface area contributed by atoms with Crippen molar-refractivity contribution in [2.45, 2.75) is 122 Å². The van der Waals surface area contributed by atoms with Gasteiger partial charge in [-0.1, -0.05) is 104 Å². The van der Waals surface area contributed by atoms with Crippen LogP contribution in [0.4, 0.5) is 0 Å². The van der Waals surface area contributed by atoms with Crippen LogP contribution in [0.2, 0.25) is 0 Å². The summed E-state index contributed by atoms with van der Waals surface area (Å²) in [4.78, 5) is -0.153. The highest BCUT2D eigenvalue weighted by molar-refractivity contribution is 6.23. The van der Waals surface area contributed by atoms with Crippen LogP contribution >= 0.6 is 35.6 Å². The Hall–Kier alpha value is 0.830. The minimum Gasteiger partial charge on any atom is -0.302 e. The van der Waals surface area contributed by atoms with Crippen LogP contribution in [0, 0.1) is 5.92 Å². The SMILES string of the molecule is CCCCCCCCCCC(Cl)(CCCCCCC(C)C)NC.CCl.Cl. The summed E-state index contributed by atoms with van der Waals surface area (Å²) in [7, 11) is 2.02. The van der Waals surface area contributed by atoms with Crippen LogP contribution in [0.15, 0.2) is 0 Å². The van der Waals surface area contributed by atoms with E-state index in [-0.39, 0.29) is 17.4 Å². The standard InChI is InChI=1S/C21H44ClN.CH3Cl.ClH/c1-5-6-7-8-9-10-12-15-18-21(22,23-4)19-16-13-11-14-17-20(2)3;1-2;/h20,23H,5-19H2,1-4H3;1H3;1H. The Labute approximate surface area is 182 Å². The maximum absolute atomic E-state index is 6.76. The molecule has 0 spiro atoms. The van der Waals surface area contributed by atoms with Gasteiger partial charge in [0.25, 0.3) is 0 Å². The molecule has 0 saturated heterocycles. The van der Waals surface area contributed by atoms with Crippen LogP contribution in [0.1, 0.15) is 117 Å². The van der Waals surface area contributed by atoms with Crippen LogP contribution in [-0.2, 0) is 0 Å². The first kappa shape index (κ1) is 31.5. The molecule has 0 amide bonds. The number of unbranched alkanes of at least 4 members (excludes halogenated alkanes) is 10. The quantitative estimate of drug-likeness (QED) is 0.137. The maximum Gasteiger partial charge on any atom is 0.0933 e. The van der Waals surface area contributed by atoms with Crippen molar-refractivity contribution in [3.05, 3.63) is 0 Å². The molecule has 1 atom stereocenters. The molecule has 0 aromatic carbocycles. The summed E-state index contributed by atoms with van der Waals surface area (Å²) in [6, 6.07) is 0. The first-order chi connectivity index (χ1) is 12.0. The second kappa shape index (κ2) is 23.9. The monoisotopic (exact) mass is 431 g/mol. The molecule has 0 rings (SSSR count). The molecule has 1 unspecified atom stereocenters. The molecular weight excluding hydrogens is 385 g/mol. The molecule has 1 N–H and O–H groups in total. The van der Waals surface area contributed by atoms with E-state index in [9.17, 15) is 0 Å². The second-order valence-corrected chi connectivity index (χ2v) is 8.51. The van der Waals surface area contributed by atoms with Gasteiger partial charge >= 0.3 is 0 Å². The zero-order valence-electron chi connectivity index (χ0n) is 18.3. The highest BCUT2D eigenvalue weighted by Gasteiger charge is 2.23. The number of alkyl halides is 2. The van der Waals surface area contributed by atoms with E-state index in [1.54, 1.807) is 0 Å². The van der Waals surface area contributed by atoms with Crippen LogP contribution in [0.25, 0.3) is 0 Å². The van der Waals surface area contributed by atoms with E-state index >= 15 is 0 Å². The van der Waals surface area contributed by atoms with Crippen LogP contribution in [0.5, 0.6) is 0 Å². The fraction of sp³-hybridized carbons (Fsp3) is 1.00. The molecule has 0 heterocycles. The van der Waals surface area contributed by atoms with Gasteiger partial charge in [-0.25, -0.2) is 0 Å². The predicted octanol–water partition coefficient (Wildman–Crippen LogP) is 8.95. The maximum atomic E-state index is 6.76. The average molecular weight is 433 g/mol. The Balaban J connectivity index is -0.00000170. The number of nitrogens with one attached hydrogen (secondary N) is 1. The Morgan fingerprint density at radius 2 is 1.12 bits per heavy atom. The summed E-state index contributed by atoms with van der Waals surface area (Å²) < 4.78 is 0. The van der Waals surface area contributed by atoms with E-state index in [0.29, 0.717) is 0 Å². The molecule has 0 bridgehead atoms. The van der Waals surface area contributed by atoms with Crippen LogP contribution < -0.4 is 5.32 Å². The van der Waals surface area contributed by atoms with Gasteiger partial charge < -0.3 is 5.32 Å². The first-order valence-corrected chi connectivity index (χ1v) is 11.9. The number of rotatable bonds is 17. The molecule has 0 saturated carbocycles. The summed E-state index contributed by atoms with van der Waals surface area (Å²) in [5.74, 6) is 0.849. The van der Waals surface area contributed by atoms with Crippen molar-refractivity contribution in [1.82, 2.24) is 5.32 Å². The predicted molar refractivity (Wildman–Crippen MR) is 126 cm³/mol. The second-order valence-electron chi connectivity index (χ2n) is 7.79. The minimum atomic E-state index is -0.153. The van der Waals surface area contributed by atoms with Crippen LogP contribution in [0.3, 0.4) is 0 Å². The average Bonchev–Trinajstić information content (AvgIpc) is 2.62. The van der Waals surface area contributed by atoms with Gasteiger partial charge in [-0.3, -0.25) is 0 Å². The molecule has 26 heavy (non-hydrogen) atoms. The Kier molecular flexibility index (Phi) is 28.9. The highest BCUT2D eigenvalue weighted by Crippen LogP contribution is 2.27. The zero-order valence-corrected chi connectivity index (χ0v) is 20.7. The molecule has 4 heteroatoms. The van der Waals surface area contributed by atoms with Crippen molar-refractivity contribution in [2.75, 3.05) is 13.4 Å². The zero-order chi connectivity index (χ0) is 19.4. The summed E-state index contributed by atoms with van der Waals surface area (Å²) in [6.07, 6.45) is 21.4. The molecule has 0 aliphatic rings. The third kappa shape index (κ3) is 22.9. The summed E-state index contributed by atoms with van der Waals surface area (Å²) in [5.41, 5.74) is 0. The van der Waals surface area contributed by atoms with Crippen molar-refractivity contribution in [3.8, 4) is 0 Å². The molecule has 162 valence electrons. The summed E-state index contributed by atoms with van der Waals surface area (Å²) in [6.45, 7) is 6.91. The van der Waals surface area contributed by atoms with Crippen molar-refractivity contribution in [2.24, 2.45) is 5.92 Å². The largest absolute Gasteiger partial charge is 0.302 e. The molecule has 0 fully saturated rings. The Bertz CT molecular complexity index is 250. The van der Waals surface area contributed by atoms with E-state index < -0.39 is 0 Å². The summed E-state index contributed by atoms with van der Waals surface area (Å²) >= 11 is 11.4. The number of hydrogen-bond acceptors (Lipinski definition) is 1. The minimum absolute atomic E-state index is 0. The van der Waals surface area contributed by atoms with Gasteiger partial charge in [-0.05, 0) is 25.8 Å². The topological polar surface area (TPSA) is 12.0 Å². The summed E-state index contributed by atoms with van der Waals surface area (Å²) in [5, 5.41) is 3.37. The van der Waals surface area contributed by atoms with Crippen LogP contribution in [-0.4, -0.2) is 18.4 Å². The molecule has 0 aliphatic carbocycles. The Morgan fingerprint density at radius 1 is 0.731 bits per heavy atom. The lowest BCUT2D eigenvalue weighted by atomic mass is 9.98. The van der Waals surface area contributed by atoms with Crippen molar-refractivity contribution < 1.29 is 0 Å². The number of hydrogen-bond donors (Lipinski definition) is 1. The van der Waals surface area contributed by atoms with E-state index in [1.807, 2.05) is 7.05 Å². The van der Waals surface area contributed by atoms with Gasteiger partial charge in [0.1, 0.15) is 0 Å². The lowest BCUT2D eigenvalue weighted by molar-refractivity contribution is 0.388. The lowest BCUT2D eigenvalue weighted by Crippen LogP contribution is -2.36. The third-order valence-electron chi connectivity index (χ3n) is 4.98. The van der Waals surface area contributed by atoms with Gasteiger partial charge in [-0.2, -0.15) is 0 Å². The van der Waals surface area contributed by atoms with Gasteiger partial charge in [0.2, 0.25) is 0 Å².